The van der Waals surface area contributed by atoms with E-state index in [4.69, 9.17) is 16.7 Å². The molecule has 0 amide bonds. The van der Waals surface area contributed by atoms with Crippen molar-refractivity contribution in [2.24, 2.45) is 0 Å². The van der Waals surface area contributed by atoms with E-state index in [1.807, 2.05) is 13.0 Å². The van der Waals surface area contributed by atoms with E-state index < -0.39 is 5.97 Å². The number of aliphatic carboxylic acids is 1. The SMILES string of the molecule is Cc1cc(C2(CC(=O)O)CC2)cnc1Cl. The summed E-state index contributed by atoms with van der Waals surface area (Å²) in [6.45, 7) is 1.88. The van der Waals surface area contributed by atoms with Crippen LogP contribution in [-0.2, 0) is 10.2 Å². The minimum atomic E-state index is -0.750. The van der Waals surface area contributed by atoms with Gasteiger partial charge in [0.05, 0.1) is 6.42 Å². The lowest BCUT2D eigenvalue weighted by Crippen LogP contribution is -2.13. The Morgan fingerprint density at radius 1 is 1.67 bits per heavy atom. The van der Waals surface area contributed by atoms with Gasteiger partial charge < -0.3 is 5.11 Å². The minimum absolute atomic E-state index is 0.172. The standard InChI is InChI=1S/C11H12ClNO2/c1-7-4-8(6-13-10(7)12)11(2-3-11)5-9(14)15/h4,6H,2-3,5H2,1H3,(H,14,15). The van der Waals surface area contributed by atoms with E-state index in [0.29, 0.717) is 5.15 Å². The third-order valence-corrected chi connectivity index (χ3v) is 3.37. The first-order chi connectivity index (χ1) is 7.03. The second kappa shape index (κ2) is 3.49. The molecule has 0 spiro atoms. The molecule has 80 valence electrons. The number of carboxylic acid groups (broad SMARTS) is 1. The summed E-state index contributed by atoms with van der Waals surface area (Å²) >= 11 is 5.83. The number of pyridine rings is 1. The van der Waals surface area contributed by atoms with Crippen LogP contribution in [0.5, 0.6) is 0 Å². The molecule has 1 heterocycles. The zero-order valence-corrected chi connectivity index (χ0v) is 9.21. The fourth-order valence-electron chi connectivity index (χ4n) is 1.86. The molecule has 0 atom stereocenters. The zero-order chi connectivity index (χ0) is 11.1. The van der Waals surface area contributed by atoms with Crippen LogP contribution in [0.15, 0.2) is 12.3 Å². The van der Waals surface area contributed by atoms with Gasteiger partial charge in [-0.15, -0.1) is 0 Å². The highest BCUT2D eigenvalue weighted by Crippen LogP contribution is 2.51. The third kappa shape index (κ3) is 1.97. The van der Waals surface area contributed by atoms with Crippen LogP contribution in [0, 0.1) is 6.92 Å². The van der Waals surface area contributed by atoms with Crippen LogP contribution < -0.4 is 0 Å². The first-order valence-corrected chi connectivity index (χ1v) is 5.26. The van der Waals surface area contributed by atoms with E-state index in [1.165, 1.54) is 0 Å². The molecule has 0 unspecified atom stereocenters. The third-order valence-electron chi connectivity index (χ3n) is 2.97. The predicted octanol–water partition coefficient (Wildman–Crippen LogP) is 2.55. The number of carboxylic acids is 1. The van der Waals surface area contributed by atoms with E-state index >= 15 is 0 Å². The molecule has 1 aliphatic rings. The number of nitrogens with zero attached hydrogens (tertiary/aromatic N) is 1. The van der Waals surface area contributed by atoms with E-state index in [9.17, 15) is 4.79 Å². The van der Waals surface area contributed by atoms with Gasteiger partial charge in [0.1, 0.15) is 5.15 Å². The van der Waals surface area contributed by atoms with Gasteiger partial charge in [-0.25, -0.2) is 4.98 Å². The van der Waals surface area contributed by atoms with E-state index in [-0.39, 0.29) is 11.8 Å². The summed E-state index contributed by atoms with van der Waals surface area (Å²) in [6, 6.07) is 1.95. The Hall–Kier alpha value is -1.09. The largest absolute Gasteiger partial charge is 0.481 e. The van der Waals surface area contributed by atoms with Gasteiger partial charge in [-0.1, -0.05) is 17.7 Å². The van der Waals surface area contributed by atoms with Crippen LogP contribution in [-0.4, -0.2) is 16.1 Å². The highest BCUT2D eigenvalue weighted by atomic mass is 35.5. The van der Waals surface area contributed by atoms with Gasteiger partial charge in [-0.3, -0.25) is 4.79 Å². The van der Waals surface area contributed by atoms with Crippen molar-refractivity contribution in [1.82, 2.24) is 4.98 Å². The van der Waals surface area contributed by atoms with Crippen molar-refractivity contribution in [3.8, 4) is 0 Å². The molecule has 4 heteroatoms. The van der Waals surface area contributed by atoms with E-state index in [2.05, 4.69) is 4.98 Å². The van der Waals surface area contributed by atoms with Gasteiger partial charge in [-0.05, 0) is 30.9 Å². The molecule has 1 fully saturated rings. The van der Waals surface area contributed by atoms with Crippen molar-refractivity contribution in [2.75, 3.05) is 0 Å². The summed E-state index contributed by atoms with van der Waals surface area (Å²) < 4.78 is 0. The lowest BCUT2D eigenvalue weighted by atomic mass is 9.93. The Bertz CT molecular complexity index is 413. The smallest absolute Gasteiger partial charge is 0.304 e. The summed E-state index contributed by atoms with van der Waals surface area (Å²) in [5, 5.41) is 9.32. The van der Waals surface area contributed by atoms with Crippen LogP contribution in [0.25, 0.3) is 0 Å². The summed E-state index contributed by atoms with van der Waals surface area (Å²) in [7, 11) is 0. The van der Waals surface area contributed by atoms with Gasteiger partial charge in [0.2, 0.25) is 0 Å². The average molecular weight is 226 g/mol. The molecule has 1 aromatic rings. The molecule has 0 aliphatic heterocycles. The molecule has 0 radical (unpaired) electrons. The van der Waals surface area contributed by atoms with Crippen molar-refractivity contribution in [2.45, 2.75) is 31.6 Å². The lowest BCUT2D eigenvalue weighted by molar-refractivity contribution is -0.137. The summed E-state index contributed by atoms with van der Waals surface area (Å²) in [4.78, 5) is 14.8. The fraction of sp³-hybridized carbons (Fsp3) is 0.455. The normalized spacial score (nSPS) is 17.5. The second-order valence-electron chi connectivity index (χ2n) is 4.18. The van der Waals surface area contributed by atoms with Crippen molar-refractivity contribution in [3.63, 3.8) is 0 Å². The maximum atomic E-state index is 10.7. The number of hydrogen-bond acceptors (Lipinski definition) is 2. The average Bonchev–Trinajstić information content (AvgIpc) is 2.89. The number of carbonyl (C=O) groups is 1. The molecule has 1 aliphatic carbocycles. The van der Waals surface area contributed by atoms with Crippen molar-refractivity contribution in [1.29, 1.82) is 0 Å². The number of rotatable bonds is 3. The van der Waals surface area contributed by atoms with Crippen LogP contribution in [0.4, 0.5) is 0 Å². The van der Waals surface area contributed by atoms with Gasteiger partial charge >= 0.3 is 5.97 Å². The highest BCUT2D eigenvalue weighted by molar-refractivity contribution is 6.30. The van der Waals surface area contributed by atoms with Crippen LogP contribution in [0.2, 0.25) is 5.15 Å². The lowest BCUT2D eigenvalue weighted by Gasteiger charge is -2.13. The quantitative estimate of drug-likeness (QED) is 0.805. The summed E-state index contributed by atoms with van der Waals surface area (Å²) in [5.41, 5.74) is 1.74. The van der Waals surface area contributed by atoms with Crippen molar-refractivity contribution < 1.29 is 9.90 Å². The molecule has 0 aromatic carbocycles. The minimum Gasteiger partial charge on any atom is -0.481 e. The second-order valence-corrected chi connectivity index (χ2v) is 4.54. The summed E-state index contributed by atoms with van der Waals surface area (Å²) in [6.07, 6.45) is 3.76. The molecule has 3 nitrogen and oxygen atoms in total. The van der Waals surface area contributed by atoms with Crippen LogP contribution in [0.3, 0.4) is 0 Å². The molecule has 15 heavy (non-hydrogen) atoms. The monoisotopic (exact) mass is 225 g/mol. The molecule has 1 N–H and O–H groups in total. The van der Waals surface area contributed by atoms with E-state index in [1.54, 1.807) is 6.20 Å². The number of hydrogen-bond donors (Lipinski definition) is 1. The van der Waals surface area contributed by atoms with Gasteiger partial charge in [0, 0.05) is 11.6 Å². The predicted molar refractivity (Wildman–Crippen MR) is 57.1 cm³/mol. The Morgan fingerprint density at radius 3 is 2.80 bits per heavy atom. The molecule has 2 rings (SSSR count). The Kier molecular flexibility index (Phi) is 2.43. The molecular weight excluding hydrogens is 214 g/mol. The topological polar surface area (TPSA) is 50.2 Å². The number of halogens is 1. The molecular formula is C11H12ClNO2. The first kappa shape index (κ1) is 10.4. The zero-order valence-electron chi connectivity index (χ0n) is 8.46. The molecule has 1 saturated carbocycles. The first-order valence-electron chi connectivity index (χ1n) is 4.88. The Morgan fingerprint density at radius 2 is 2.33 bits per heavy atom. The van der Waals surface area contributed by atoms with Gasteiger partial charge in [0.15, 0.2) is 0 Å². The fourth-order valence-corrected chi connectivity index (χ4v) is 1.96. The number of aromatic nitrogens is 1. The Balaban J connectivity index is 2.29. The van der Waals surface area contributed by atoms with E-state index in [0.717, 1.165) is 24.0 Å². The summed E-state index contributed by atoms with van der Waals surface area (Å²) in [5.74, 6) is -0.750. The van der Waals surface area contributed by atoms with Crippen molar-refractivity contribution in [3.05, 3.63) is 28.5 Å². The van der Waals surface area contributed by atoms with Crippen LogP contribution >= 0.6 is 11.6 Å². The van der Waals surface area contributed by atoms with Crippen LogP contribution in [0.1, 0.15) is 30.4 Å². The molecule has 0 bridgehead atoms. The van der Waals surface area contributed by atoms with Gasteiger partial charge in [0.25, 0.3) is 0 Å². The Labute approximate surface area is 93.1 Å². The maximum Gasteiger partial charge on any atom is 0.304 e. The number of aryl methyl sites for hydroxylation is 1. The molecule has 1 aromatic heterocycles. The molecule has 0 saturated heterocycles. The highest BCUT2D eigenvalue weighted by Gasteiger charge is 2.46. The maximum absolute atomic E-state index is 10.7. The van der Waals surface area contributed by atoms with Crippen molar-refractivity contribution >= 4 is 17.6 Å². The van der Waals surface area contributed by atoms with Gasteiger partial charge in [-0.2, -0.15) is 0 Å².